The number of nitrogens with zero attached hydrogens (tertiary/aromatic N) is 2. The van der Waals surface area contributed by atoms with E-state index in [0.29, 0.717) is 29.4 Å². The van der Waals surface area contributed by atoms with Gasteiger partial charge >= 0.3 is 0 Å². The quantitative estimate of drug-likeness (QED) is 0.755. The predicted octanol–water partition coefficient (Wildman–Crippen LogP) is 3.20. The van der Waals surface area contributed by atoms with Crippen LogP contribution in [0.15, 0.2) is 55.1 Å². The van der Waals surface area contributed by atoms with Crippen molar-refractivity contribution in [1.29, 1.82) is 0 Å². The lowest BCUT2D eigenvalue weighted by atomic mass is 10.1. The molecule has 2 saturated carbocycles. The van der Waals surface area contributed by atoms with Crippen molar-refractivity contribution in [3.63, 3.8) is 0 Å². The second kappa shape index (κ2) is 7.69. The van der Waals surface area contributed by atoms with Gasteiger partial charge in [-0.05, 0) is 49.4 Å². The molecule has 6 heteroatoms. The predicted molar refractivity (Wildman–Crippen MR) is 117 cm³/mol. The normalized spacial score (nSPS) is 17.5. The summed E-state index contributed by atoms with van der Waals surface area (Å²) >= 11 is 0. The summed E-state index contributed by atoms with van der Waals surface area (Å²) in [5.41, 5.74) is 3.57. The third kappa shape index (κ3) is 3.98. The lowest BCUT2D eigenvalue weighted by Crippen LogP contribution is -2.41. The first-order valence-electron chi connectivity index (χ1n) is 10.8. The maximum atomic E-state index is 13.2. The van der Waals surface area contributed by atoms with E-state index in [0.717, 1.165) is 36.8 Å². The highest BCUT2D eigenvalue weighted by Crippen LogP contribution is 2.33. The monoisotopic (exact) mass is 415 g/mol. The Morgan fingerprint density at radius 2 is 1.68 bits per heavy atom. The van der Waals surface area contributed by atoms with E-state index in [2.05, 4.69) is 11.9 Å². The Labute approximate surface area is 181 Å². The Kier molecular flexibility index (Phi) is 4.85. The van der Waals surface area contributed by atoms with Crippen LogP contribution in [0.1, 0.15) is 57.5 Å². The van der Waals surface area contributed by atoms with E-state index >= 15 is 0 Å². The van der Waals surface area contributed by atoms with Crippen molar-refractivity contribution in [2.75, 3.05) is 6.54 Å². The van der Waals surface area contributed by atoms with Crippen molar-refractivity contribution < 1.29 is 14.4 Å². The Morgan fingerprint density at radius 1 is 1.00 bits per heavy atom. The first-order valence-corrected chi connectivity index (χ1v) is 10.8. The van der Waals surface area contributed by atoms with E-state index in [1.165, 1.54) is 4.90 Å². The highest BCUT2D eigenvalue weighted by molar-refractivity contribution is 6.10. The fourth-order valence-corrected chi connectivity index (χ4v) is 3.99. The molecule has 2 aromatic carbocycles. The zero-order valence-corrected chi connectivity index (χ0v) is 17.3. The van der Waals surface area contributed by atoms with Crippen LogP contribution in [0.4, 0.5) is 0 Å². The molecular weight excluding hydrogens is 390 g/mol. The van der Waals surface area contributed by atoms with Crippen LogP contribution >= 0.6 is 0 Å². The Hall–Kier alpha value is -3.41. The summed E-state index contributed by atoms with van der Waals surface area (Å²) in [5, 5.41) is 2.98. The lowest BCUT2D eigenvalue weighted by molar-refractivity contribution is -0.132. The third-order valence-electron chi connectivity index (χ3n) is 6.12. The number of carbonyl (C=O) groups is 3. The summed E-state index contributed by atoms with van der Waals surface area (Å²) in [7, 11) is 0. The van der Waals surface area contributed by atoms with E-state index in [4.69, 9.17) is 0 Å². The molecule has 1 aliphatic heterocycles. The molecule has 31 heavy (non-hydrogen) atoms. The second-order valence-corrected chi connectivity index (χ2v) is 8.58. The first kappa shape index (κ1) is 19.5. The zero-order valence-electron chi connectivity index (χ0n) is 17.3. The van der Waals surface area contributed by atoms with E-state index in [9.17, 15) is 14.4 Å². The van der Waals surface area contributed by atoms with Crippen molar-refractivity contribution >= 4 is 23.4 Å². The molecule has 0 saturated heterocycles. The van der Waals surface area contributed by atoms with Gasteiger partial charge in [0.1, 0.15) is 6.54 Å². The summed E-state index contributed by atoms with van der Waals surface area (Å²) < 4.78 is 0. The minimum atomic E-state index is -0.171. The van der Waals surface area contributed by atoms with Crippen LogP contribution in [0.3, 0.4) is 0 Å². The SMILES string of the molecule is C=C1c2ccccc2C(=O)N1CC(=O)N(Cc1ccc(C(=O)NC2CC2)cc1)C1CC1. The van der Waals surface area contributed by atoms with E-state index < -0.39 is 0 Å². The van der Waals surface area contributed by atoms with Gasteiger partial charge < -0.3 is 10.2 Å². The zero-order chi connectivity index (χ0) is 21.5. The van der Waals surface area contributed by atoms with Gasteiger partial charge in [0, 0.05) is 41.0 Å². The van der Waals surface area contributed by atoms with Gasteiger partial charge in [0.05, 0.1) is 0 Å². The Bertz CT molecular complexity index is 1030. The number of hydrogen-bond donors (Lipinski definition) is 1. The van der Waals surface area contributed by atoms with Gasteiger partial charge in [-0.25, -0.2) is 0 Å². The minimum Gasteiger partial charge on any atom is -0.349 e. The van der Waals surface area contributed by atoms with Gasteiger partial charge in [0.15, 0.2) is 0 Å². The van der Waals surface area contributed by atoms with Gasteiger partial charge in [0.25, 0.3) is 11.8 Å². The summed E-state index contributed by atoms with van der Waals surface area (Å²) in [6.45, 7) is 4.49. The van der Waals surface area contributed by atoms with Gasteiger partial charge in [0.2, 0.25) is 5.91 Å². The third-order valence-corrected chi connectivity index (χ3v) is 6.12. The van der Waals surface area contributed by atoms with Gasteiger partial charge in [-0.15, -0.1) is 0 Å². The van der Waals surface area contributed by atoms with Crippen LogP contribution in [-0.2, 0) is 11.3 Å². The molecule has 2 aromatic rings. The number of rotatable bonds is 7. The van der Waals surface area contributed by atoms with E-state index in [-0.39, 0.29) is 30.3 Å². The number of carbonyl (C=O) groups excluding carboxylic acids is 3. The average Bonchev–Trinajstić information content (AvgIpc) is 3.70. The van der Waals surface area contributed by atoms with Gasteiger partial charge in [-0.3, -0.25) is 19.3 Å². The molecule has 3 aliphatic rings. The van der Waals surface area contributed by atoms with Crippen molar-refractivity contribution in [3.05, 3.63) is 77.4 Å². The fraction of sp³-hybridized carbons (Fsp3) is 0.320. The Balaban J connectivity index is 1.26. The lowest BCUT2D eigenvalue weighted by Gasteiger charge is -2.26. The standard InChI is InChI=1S/C25H25N3O3/c1-16-21-4-2-3-5-22(21)25(31)27(16)15-23(29)28(20-12-13-20)14-17-6-8-18(9-7-17)24(30)26-19-10-11-19/h2-9,19-20H,1,10-15H2,(H,26,30). The van der Waals surface area contributed by atoms with Crippen molar-refractivity contribution in [2.24, 2.45) is 0 Å². The molecule has 6 nitrogen and oxygen atoms in total. The maximum absolute atomic E-state index is 13.2. The van der Waals surface area contributed by atoms with Gasteiger partial charge in [-0.1, -0.05) is 36.9 Å². The molecule has 0 unspecified atom stereocenters. The smallest absolute Gasteiger partial charge is 0.259 e. The number of benzene rings is 2. The van der Waals surface area contributed by atoms with Crippen LogP contribution in [0.25, 0.3) is 5.70 Å². The van der Waals surface area contributed by atoms with Crippen LogP contribution in [0, 0.1) is 0 Å². The van der Waals surface area contributed by atoms with E-state index in [1.807, 2.05) is 47.4 Å². The molecule has 0 bridgehead atoms. The largest absolute Gasteiger partial charge is 0.349 e. The topological polar surface area (TPSA) is 69.7 Å². The first-order chi connectivity index (χ1) is 15.0. The number of amides is 3. The maximum Gasteiger partial charge on any atom is 0.259 e. The number of fused-ring (bicyclic) bond motifs is 1. The number of nitrogens with one attached hydrogen (secondary N) is 1. The van der Waals surface area contributed by atoms with Crippen molar-refractivity contribution in [2.45, 2.75) is 44.3 Å². The summed E-state index contributed by atoms with van der Waals surface area (Å²) in [6, 6.07) is 15.3. The van der Waals surface area contributed by atoms with Crippen LogP contribution < -0.4 is 5.32 Å². The average molecular weight is 415 g/mol. The molecule has 0 aromatic heterocycles. The highest BCUT2D eigenvalue weighted by Gasteiger charge is 2.37. The van der Waals surface area contributed by atoms with Crippen molar-refractivity contribution in [1.82, 2.24) is 15.1 Å². The van der Waals surface area contributed by atoms with Crippen molar-refractivity contribution in [3.8, 4) is 0 Å². The molecule has 1 heterocycles. The minimum absolute atomic E-state index is 0.00920. The fourth-order valence-electron chi connectivity index (χ4n) is 3.99. The molecule has 0 atom stereocenters. The van der Waals surface area contributed by atoms with Crippen LogP contribution in [0.5, 0.6) is 0 Å². The molecule has 2 fully saturated rings. The molecular formula is C25H25N3O3. The Morgan fingerprint density at radius 3 is 2.29 bits per heavy atom. The van der Waals surface area contributed by atoms with E-state index in [1.54, 1.807) is 6.07 Å². The summed E-state index contributed by atoms with van der Waals surface area (Å²) in [4.78, 5) is 41.4. The number of hydrogen-bond acceptors (Lipinski definition) is 3. The molecule has 2 aliphatic carbocycles. The van der Waals surface area contributed by atoms with Crippen LogP contribution in [-0.4, -0.2) is 46.1 Å². The van der Waals surface area contributed by atoms with Crippen LogP contribution in [0.2, 0.25) is 0 Å². The molecule has 0 radical (unpaired) electrons. The second-order valence-electron chi connectivity index (χ2n) is 8.58. The summed E-state index contributed by atoms with van der Waals surface area (Å²) in [6.07, 6.45) is 4.06. The molecule has 5 rings (SSSR count). The molecule has 3 amide bonds. The summed E-state index contributed by atoms with van der Waals surface area (Å²) in [5.74, 6) is -0.300. The molecule has 0 spiro atoms. The van der Waals surface area contributed by atoms with Gasteiger partial charge in [-0.2, -0.15) is 0 Å². The molecule has 158 valence electrons. The highest BCUT2D eigenvalue weighted by atomic mass is 16.2. The molecule has 1 N–H and O–H groups in total.